The number of carbonyl (C=O) groups excluding carboxylic acids is 1. The van der Waals surface area contributed by atoms with Crippen molar-refractivity contribution in [2.24, 2.45) is 5.92 Å². The van der Waals surface area contributed by atoms with Gasteiger partial charge in [-0.25, -0.2) is 8.42 Å². The molecule has 1 aromatic carbocycles. The average molecular weight is 338 g/mol. The van der Waals surface area contributed by atoms with Crippen LogP contribution in [0.1, 0.15) is 11.1 Å². The van der Waals surface area contributed by atoms with Gasteiger partial charge in [-0.05, 0) is 37.1 Å². The van der Waals surface area contributed by atoms with Crippen LogP contribution in [0.5, 0.6) is 0 Å². The summed E-state index contributed by atoms with van der Waals surface area (Å²) in [6.07, 6.45) is 0. The number of ether oxygens (including phenoxy) is 1. The Balaban J connectivity index is 1.98. The third-order valence-electron chi connectivity index (χ3n) is 4.55. The van der Waals surface area contributed by atoms with Gasteiger partial charge in [0.15, 0.2) is 0 Å². The number of rotatable bonds is 2. The molecule has 7 heteroatoms. The van der Waals surface area contributed by atoms with Crippen molar-refractivity contribution in [2.45, 2.75) is 24.8 Å². The van der Waals surface area contributed by atoms with Crippen molar-refractivity contribution in [1.29, 1.82) is 0 Å². The molecule has 2 bridgehead atoms. The standard InChI is InChI=1S/C16H22N2O4S/c1-11-4-12(2)6-15(5-11)23(20,21)18-7-13-9-22-10-14(8-18)17(3)16(13)19/h4-6,13-14H,7-10H2,1-3H3/t13-,14+/m1/s1. The van der Waals surface area contributed by atoms with Crippen molar-refractivity contribution in [2.75, 3.05) is 33.4 Å². The predicted octanol–water partition coefficient (Wildman–Crippen LogP) is 0.781. The molecule has 1 aromatic rings. The number of nitrogens with zero attached hydrogens (tertiary/aromatic N) is 2. The van der Waals surface area contributed by atoms with Crippen LogP contribution < -0.4 is 0 Å². The molecule has 2 atom stereocenters. The Bertz CT molecular complexity index is 711. The highest BCUT2D eigenvalue weighted by Crippen LogP contribution is 2.26. The molecule has 23 heavy (non-hydrogen) atoms. The number of likely N-dealkylation sites (N-methyl/N-ethyl adjacent to an activating group) is 1. The highest BCUT2D eigenvalue weighted by molar-refractivity contribution is 7.89. The van der Waals surface area contributed by atoms with E-state index in [1.54, 1.807) is 24.1 Å². The third-order valence-corrected chi connectivity index (χ3v) is 6.35. The molecule has 126 valence electrons. The maximum atomic E-state index is 13.0. The van der Waals surface area contributed by atoms with Gasteiger partial charge in [-0.15, -0.1) is 0 Å². The van der Waals surface area contributed by atoms with E-state index in [0.717, 1.165) is 11.1 Å². The average Bonchev–Trinajstić information content (AvgIpc) is 2.63. The summed E-state index contributed by atoms with van der Waals surface area (Å²) >= 11 is 0. The van der Waals surface area contributed by atoms with Gasteiger partial charge in [0.2, 0.25) is 15.9 Å². The topological polar surface area (TPSA) is 66.9 Å². The molecule has 0 radical (unpaired) electrons. The summed E-state index contributed by atoms with van der Waals surface area (Å²) in [4.78, 5) is 14.3. The van der Waals surface area contributed by atoms with Gasteiger partial charge in [0.05, 0.1) is 30.1 Å². The van der Waals surface area contributed by atoms with Gasteiger partial charge in [0.1, 0.15) is 0 Å². The lowest BCUT2D eigenvalue weighted by Gasteiger charge is -2.28. The number of sulfonamides is 1. The van der Waals surface area contributed by atoms with Crippen LogP contribution in [-0.4, -0.2) is 62.9 Å². The van der Waals surface area contributed by atoms with Crippen LogP contribution in [0.4, 0.5) is 0 Å². The van der Waals surface area contributed by atoms with Crippen molar-refractivity contribution in [1.82, 2.24) is 9.21 Å². The summed E-state index contributed by atoms with van der Waals surface area (Å²) < 4.78 is 33.1. The second-order valence-electron chi connectivity index (χ2n) is 6.48. The molecule has 0 aromatic heterocycles. The Kier molecular flexibility index (Phi) is 4.20. The fraction of sp³-hybridized carbons (Fsp3) is 0.562. The number of benzene rings is 1. The summed E-state index contributed by atoms with van der Waals surface area (Å²) in [5.41, 5.74) is 1.82. The molecular weight excluding hydrogens is 316 g/mol. The second kappa shape index (κ2) is 5.89. The van der Waals surface area contributed by atoms with Crippen LogP contribution in [-0.2, 0) is 19.6 Å². The first-order chi connectivity index (χ1) is 10.8. The minimum atomic E-state index is -3.62. The van der Waals surface area contributed by atoms with E-state index in [-0.39, 0.29) is 31.6 Å². The van der Waals surface area contributed by atoms with Gasteiger partial charge in [0, 0.05) is 20.1 Å². The molecule has 1 amide bonds. The lowest BCUT2D eigenvalue weighted by atomic mass is 10.1. The second-order valence-corrected chi connectivity index (χ2v) is 8.42. The molecule has 0 unspecified atom stereocenters. The quantitative estimate of drug-likeness (QED) is 0.799. The Hall–Kier alpha value is -1.44. The maximum Gasteiger partial charge on any atom is 0.243 e. The Labute approximate surface area is 137 Å². The van der Waals surface area contributed by atoms with E-state index >= 15 is 0 Å². The molecular formula is C16H22N2O4S. The molecule has 2 aliphatic heterocycles. The zero-order valence-corrected chi connectivity index (χ0v) is 14.5. The fourth-order valence-corrected chi connectivity index (χ4v) is 5.00. The van der Waals surface area contributed by atoms with Gasteiger partial charge in [-0.2, -0.15) is 4.31 Å². The Morgan fingerprint density at radius 3 is 2.39 bits per heavy atom. The molecule has 2 aliphatic rings. The fourth-order valence-electron chi connectivity index (χ4n) is 3.29. The minimum absolute atomic E-state index is 0.0365. The molecule has 0 spiro atoms. The van der Waals surface area contributed by atoms with Crippen molar-refractivity contribution in [3.8, 4) is 0 Å². The summed E-state index contributed by atoms with van der Waals surface area (Å²) in [5, 5.41) is 0. The van der Waals surface area contributed by atoms with Crippen LogP contribution >= 0.6 is 0 Å². The van der Waals surface area contributed by atoms with Crippen molar-refractivity contribution in [3.05, 3.63) is 29.3 Å². The van der Waals surface area contributed by atoms with Crippen molar-refractivity contribution in [3.63, 3.8) is 0 Å². The summed E-state index contributed by atoms with van der Waals surface area (Å²) in [7, 11) is -1.90. The first-order valence-electron chi connectivity index (χ1n) is 7.72. The molecule has 2 saturated heterocycles. The molecule has 2 fully saturated rings. The monoisotopic (exact) mass is 338 g/mol. The number of amides is 1. The smallest absolute Gasteiger partial charge is 0.243 e. The third kappa shape index (κ3) is 3.00. The maximum absolute atomic E-state index is 13.0. The molecule has 0 aliphatic carbocycles. The number of aryl methyl sites for hydroxylation is 2. The highest BCUT2D eigenvalue weighted by atomic mass is 32.2. The van der Waals surface area contributed by atoms with E-state index in [2.05, 4.69) is 0 Å². The first-order valence-corrected chi connectivity index (χ1v) is 9.16. The molecule has 6 nitrogen and oxygen atoms in total. The van der Waals surface area contributed by atoms with E-state index in [4.69, 9.17) is 4.74 Å². The highest BCUT2D eigenvalue weighted by Gasteiger charge is 2.41. The Morgan fingerprint density at radius 2 is 1.74 bits per heavy atom. The van der Waals surface area contributed by atoms with Gasteiger partial charge < -0.3 is 9.64 Å². The van der Waals surface area contributed by atoms with Crippen LogP contribution in [0.2, 0.25) is 0 Å². The number of hydrogen-bond acceptors (Lipinski definition) is 4. The van der Waals surface area contributed by atoms with Crippen LogP contribution in [0.3, 0.4) is 0 Å². The van der Waals surface area contributed by atoms with Crippen LogP contribution in [0, 0.1) is 19.8 Å². The lowest BCUT2D eigenvalue weighted by molar-refractivity contribution is -0.133. The normalized spacial score (nSPS) is 26.2. The van der Waals surface area contributed by atoms with E-state index in [0.29, 0.717) is 11.5 Å². The van der Waals surface area contributed by atoms with E-state index in [1.165, 1.54) is 4.31 Å². The molecule has 0 saturated carbocycles. The van der Waals surface area contributed by atoms with Crippen LogP contribution in [0.15, 0.2) is 23.1 Å². The molecule has 3 rings (SSSR count). The van der Waals surface area contributed by atoms with Gasteiger partial charge in [-0.1, -0.05) is 6.07 Å². The Morgan fingerprint density at radius 1 is 1.09 bits per heavy atom. The van der Waals surface area contributed by atoms with Gasteiger partial charge >= 0.3 is 0 Å². The number of fused-ring (bicyclic) bond motifs is 3. The van der Waals surface area contributed by atoms with E-state index in [9.17, 15) is 13.2 Å². The summed E-state index contributed by atoms with van der Waals surface area (Å²) in [6, 6.07) is 5.08. The first kappa shape index (κ1) is 16.4. The van der Waals surface area contributed by atoms with Crippen molar-refractivity contribution >= 4 is 15.9 Å². The number of hydrogen-bond donors (Lipinski definition) is 0. The van der Waals surface area contributed by atoms with E-state index in [1.807, 2.05) is 19.9 Å². The molecule has 2 heterocycles. The lowest BCUT2D eigenvalue weighted by Crippen LogP contribution is -2.45. The summed E-state index contributed by atoms with van der Waals surface area (Å²) in [5.74, 6) is -0.473. The largest absolute Gasteiger partial charge is 0.378 e. The number of carbonyl (C=O) groups is 1. The minimum Gasteiger partial charge on any atom is -0.378 e. The van der Waals surface area contributed by atoms with Crippen molar-refractivity contribution < 1.29 is 17.9 Å². The SMILES string of the molecule is Cc1cc(C)cc(S(=O)(=O)N2C[C@@H]3COC[C@H](C2)N(C)C3=O)c1. The predicted molar refractivity (Wildman–Crippen MR) is 85.5 cm³/mol. The van der Waals surface area contributed by atoms with Gasteiger partial charge in [0.25, 0.3) is 0 Å². The van der Waals surface area contributed by atoms with Crippen LogP contribution in [0.25, 0.3) is 0 Å². The molecule has 0 N–H and O–H groups in total. The summed E-state index contributed by atoms with van der Waals surface area (Å²) in [6.45, 7) is 4.86. The van der Waals surface area contributed by atoms with Gasteiger partial charge in [-0.3, -0.25) is 4.79 Å². The zero-order chi connectivity index (χ0) is 16.8. The van der Waals surface area contributed by atoms with E-state index < -0.39 is 15.9 Å². The zero-order valence-electron chi connectivity index (χ0n) is 13.7.